The average molecular weight is 323 g/mol. The van der Waals surface area contributed by atoms with Gasteiger partial charge in [0, 0.05) is 24.5 Å². The van der Waals surface area contributed by atoms with E-state index in [0.717, 1.165) is 11.3 Å². The molecule has 0 aliphatic carbocycles. The first-order chi connectivity index (χ1) is 11.7. The van der Waals surface area contributed by atoms with Gasteiger partial charge in [-0.3, -0.25) is 4.79 Å². The number of aromatic nitrogens is 2. The van der Waals surface area contributed by atoms with Gasteiger partial charge in [-0.2, -0.15) is 0 Å². The van der Waals surface area contributed by atoms with Gasteiger partial charge < -0.3 is 14.6 Å². The second kappa shape index (κ2) is 5.81. The van der Waals surface area contributed by atoms with Crippen molar-refractivity contribution >= 4 is 11.6 Å². The third-order valence-corrected chi connectivity index (χ3v) is 3.94. The average Bonchev–Trinajstić information content (AvgIpc) is 3.24. The number of anilines is 1. The van der Waals surface area contributed by atoms with Crippen molar-refractivity contribution < 1.29 is 13.9 Å². The highest BCUT2D eigenvalue weighted by atomic mass is 19.1. The summed E-state index contributed by atoms with van der Waals surface area (Å²) in [6.45, 7) is 0. The van der Waals surface area contributed by atoms with Crippen LogP contribution < -0.4 is 10.1 Å². The number of hydrogen-bond donors (Lipinski definition) is 1. The van der Waals surface area contributed by atoms with E-state index in [4.69, 9.17) is 4.74 Å². The third kappa shape index (κ3) is 2.62. The molecule has 5 nitrogen and oxygen atoms in total. The van der Waals surface area contributed by atoms with Crippen LogP contribution in [-0.2, 0) is 11.2 Å². The number of halogens is 1. The van der Waals surface area contributed by atoms with Crippen LogP contribution in [-0.4, -0.2) is 21.6 Å². The molecule has 0 unspecified atom stereocenters. The van der Waals surface area contributed by atoms with Crippen LogP contribution in [0.15, 0.2) is 61.2 Å². The number of hydrogen-bond acceptors (Lipinski definition) is 3. The van der Waals surface area contributed by atoms with Gasteiger partial charge in [0.2, 0.25) is 0 Å². The molecule has 3 aromatic rings. The molecule has 120 valence electrons. The summed E-state index contributed by atoms with van der Waals surface area (Å²) >= 11 is 0. The van der Waals surface area contributed by atoms with E-state index in [9.17, 15) is 9.18 Å². The van der Waals surface area contributed by atoms with E-state index >= 15 is 0 Å². The Morgan fingerprint density at radius 3 is 2.92 bits per heavy atom. The van der Waals surface area contributed by atoms with Gasteiger partial charge in [-0.1, -0.05) is 18.2 Å². The molecule has 4 rings (SSSR count). The molecule has 0 bridgehead atoms. The molecule has 6 heteroatoms. The number of amides is 1. The summed E-state index contributed by atoms with van der Waals surface area (Å²) < 4.78 is 21.4. The Morgan fingerprint density at radius 2 is 2.17 bits per heavy atom. The lowest BCUT2D eigenvalue weighted by molar-refractivity contribution is -0.122. The van der Waals surface area contributed by atoms with Gasteiger partial charge in [0.05, 0.1) is 12.0 Å². The fourth-order valence-electron chi connectivity index (χ4n) is 2.75. The summed E-state index contributed by atoms with van der Waals surface area (Å²) in [6, 6.07) is 12.1. The maximum Gasteiger partial charge on any atom is 0.265 e. The van der Waals surface area contributed by atoms with Crippen LogP contribution in [0.5, 0.6) is 5.75 Å². The van der Waals surface area contributed by atoms with Gasteiger partial charge in [-0.15, -0.1) is 0 Å². The van der Waals surface area contributed by atoms with Crippen LogP contribution in [0.2, 0.25) is 0 Å². The summed E-state index contributed by atoms with van der Waals surface area (Å²) in [6.07, 6.45) is 4.65. The number of benzene rings is 2. The normalized spacial score (nSPS) is 15.6. The second-order valence-electron chi connectivity index (χ2n) is 5.54. The number of rotatable bonds is 3. The number of carbonyl (C=O) groups excluding carboxylic acids is 1. The topological polar surface area (TPSA) is 56.2 Å². The SMILES string of the molecule is O=C(Nc1ccc(-n2ccnc2)c(F)c1)[C@@H]1Cc2ccccc2O1. The number of nitrogens with one attached hydrogen (secondary N) is 1. The highest BCUT2D eigenvalue weighted by Gasteiger charge is 2.28. The predicted molar refractivity (Wildman–Crippen MR) is 86.7 cm³/mol. The van der Waals surface area contributed by atoms with E-state index in [-0.39, 0.29) is 5.91 Å². The largest absolute Gasteiger partial charge is 0.480 e. The van der Waals surface area contributed by atoms with Crippen molar-refractivity contribution in [2.75, 3.05) is 5.32 Å². The summed E-state index contributed by atoms with van der Waals surface area (Å²) in [5, 5.41) is 2.70. The summed E-state index contributed by atoms with van der Waals surface area (Å²) in [7, 11) is 0. The van der Waals surface area contributed by atoms with E-state index in [1.54, 1.807) is 29.1 Å². The molecule has 2 aromatic carbocycles. The smallest absolute Gasteiger partial charge is 0.265 e. The number of imidazole rings is 1. The van der Waals surface area contributed by atoms with Crippen LogP contribution in [0.25, 0.3) is 5.69 Å². The Kier molecular flexibility index (Phi) is 3.49. The molecular formula is C18H14FN3O2. The quantitative estimate of drug-likeness (QED) is 0.806. The van der Waals surface area contributed by atoms with Crippen molar-refractivity contribution in [3.8, 4) is 11.4 Å². The van der Waals surface area contributed by atoms with Gasteiger partial charge >= 0.3 is 0 Å². The highest BCUT2D eigenvalue weighted by Crippen LogP contribution is 2.29. The van der Waals surface area contributed by atoms with Crippen molar-refractivity contribution in [3.63, 3.8) is 0 Å². The van der Waals surface area contributed by atoms with E-state index < -0.39 is 11.9 Å². The Bertz CT molecular complexity index is 868. The first kappa shape index (κ1) is 14.4. The molecule has 0 fully saturated rings. The molecule has 24 heavy (non-hydrogen) atoms. The number of para-hydroxylation sites is 1. The molecule has 0 saturated heterocycles. The summed E-state index contributed by atoms with van der Waals surface area (Å²) in [4.78, 5) is 16.2. The van der Waals surface area contributed by atoms with Crippen LogP contribution in [0, 0.1) is 5.82 Å². The highest BCUT2D eigenvalue weighted by molar-refractivity contribution is 5.95. The van der Waals surface area contributed by atoms with Crippen LogP contribution in [0.4, 0.5) is 10.1 Å². The standard InChI is InChI=1S/C18H14FN3O2/c19-14-10-13(5-6-15(14)22-8-7-20-11-22)21-18(23)17-9-12-3-1-2-4-16(12)24-17/h1-8,10-11,17H,9H2,(H,21,23)/t17-/m0/s1. The maximum absolute atomic E-state index is 14.2. The number of carbonyl (C=O) groups is 1. The van der Waals surface area contributed by atoms with E-state index in [1.165, 1.54) is 12.4 Å². The van der Waals surface area contributed by atoms with Gasteiger partial charge in [-0.05, 0) is 29.8 Å². The molecule has 1 aliphatic rings. The lowest BCUT2D eigenvalue weighted by Crippen LogP contribution is -2.31. The van der Waals surface area contributed by atoms with Crippen molar-refractivity contribution in [1.29, 1.82) is 0 Å². The van der Waals surface area contributed by atoms with Gasteiger partial charge in [0.1, 0.15) is 11.6 Å². The summed E-state index contributed by atoms with van der Waals surface area (Å²) in [5.74, 6) is -0.0123. The van der Waals surface area contributed by atoms with Crippen LogP contribution in [0.3, 0.4) is 0 Å². The zero-order valence-corrected chi connectivity index (χ0v) is 12.6. The third-order valence-electron chi connectivity index (χ3n) is 3.94. The van der Waals surface area contributed by atoms with E-state index in [2.05, 4.69) is 10.3 Å². The lowest BCUT2D eigenvalue weighted by atomic mass is 10.1. The van der Waals surface area contributed by atoms with Gasteiger partial charge in [0.15, 0.2) is 6.10 Å². The maximum atomic E-state index is 14.2. The number of fused-ring (bicyclic) bond motifs is 1. The first-order valence-corrected chi connectivity index (χ1v) is 7.54. The zero-order chi connectivity index (χ0) is 16.5. The fraction of sp³-hybridized carbons (Fsp3) is 0.111. The molecule has 0 radical (unpaired) electrons. The van der Waals surface area contributed by atoms with E-state index in [1.807, 2.05) is 24.3 Å². The molecule has 1 N–H and O–H groups in total. The molecular weight excluding hydrogens is 309 g/mol. The molecule has 1 aromatic heterocycles. The van der Waals surface area contributed by atoms with Crippen LogP contribution >= 0.6 is 0 Å². The number of ether oxygens (including phenoxy) is 1. The molecule has 0 saturated carbocycles. The zero-order valence-electron chi connectivity index (χ0n) is 12.6. The van der Waals surface area contributed by atoms with Crippen molar-refractivity contribution in [3.05, 3.63) is 72.6 Å². The van der Waals surface area contributed by atoms with E-state index in [0.29, 0.717) is 17.8 Å². The number of nitrogens with zero attached hydrogens (tertiary/aromatic N) is 2. The Labute approximate surface area is 137 Å². The molecule has 0 spiro atoms. The van der Waals surface area contributed by atoms with Gasteiger partial charge in [0.25, 0.3) is 5.91 Å². The minimum Gasteiger partial charge on any atom is -0.480 e. The van der Waals surface area contributed by atoms with Gasteiger partial charge in [-0.25, -0.2) is 9.37 Å². The molecule has 1 aliphatic heterocycles. The Morgan fingerprint density at radius 1 is 1.29 bits per heavy atom. The minimum atomic E-state index is -0.598. The Balaban J connectivity index is 1.48. The van der Waals surface area contributed by atoms with Crippen LogP contribution in [0.1, 0.15) is 5.56 Å². The summed E-state index contributed by atoms with van der Waals surface area (Å²) in [5.41, 5.74) is 1.76. The molecule has 1 amide bonds. The predicted octanol–water partition coefficient (Wildman–Crippen LogP) is 2.95. The molecule has 2 heterocycles. The van der Waals surface area contributed by atoms with Crippen molar-refractivity contribution in [2.24, 2.45) is 0 Å². The minimum absolute atomic E-state index is 0.291. The van der Waals surface area contributed by atoms with Crippen molar-refractivity contribution in [2.45, 2.75) is 12.5 Å². The van der Waals surface area contributed by atoms with Crippen molar-refractivity contribution in [1.82, 2.24) is 9.55 Å². The second-order valence-corrected chi connectivity index (χ2v) is 5.54. The fourth-order valence-corrected chi connectivity index (χ4v) is 2.75. The first-order valence-electron chi connectivity index (χ1n) is 7.54. The monoisotopic (exact) mass is 323 g/mol. The molecule has 1 atom stereocenters. The Hall–Kier alpha value is -3.15. The lowest BCUT2D eigenvalue weighted by Gasteiger charge is -2.12.